The normalized spacial score (nSPS) is 10.5. The molecule has 0 saturated heterocycles. The van der Waals surface area contributed by atoms with E-state index in [0.717, 1.165) is 5.56 Å². The van der Waals surface area contributed by atoms with Crippen molar-refractivity contribution in [2.75, 3.05) is 0 Å². The van der Waals surface area contributed by atoms with Crippen LogP contribution in [0.2, 0.25) is 0 Å². The zero-order chi connectivity index (χ0) is 10.8. The number of rotatable bonds is 2. The summed E-state index contributed by atoms with van der Waals surface area (Å²) in [6, 6.07) is 2.09. The molecule has 2 aromatic rings. The van der Waals surface area contributed by atoms with Crippen molar-refractivity contribution >= 4 is 33.9 Å². The van der Waals surface area contributed by atoms with Crippen LogP contribution in [-0.4, -0.2) is 9.55 Å². The van der Waals surface area contributed by atoms with Crippen LogP contribution in [0, 0.1) is 10.5 Å². The Labute approximate surface area is 105 Å². The van der Waals surface area contributed by atoms with Crippen LogP contribution >= 0.6 is 33.9 Å². The maximum absolute atomic E-state index is 11.7. The van der Waals surface area contributed by atoms with Crippen LogP contribution in [0.4, 0.5) is 0 Å². The standard InChI is InChI=1S/C10H9IN2OS/c1-7-2-8(5-15-7)4-13-6-12-3-9(11)10(13)14/h2-3,5-6H,4H2,1H3. The average molecular weight is 332 g/mol. The van der Waals surface area contributed by atoms with Crippen molar-refractivity contribution in [3.8, 4) is 0 Å². The summed E-state index contributed by atoms with van der Waals surface area (Å²) in [5.74, 6) is 0. The minimum Gasteiger partial charge on any atom is -0.294 e. The van der Waals surface area contributed by atoms with Gasteiger partial charge in [0.25, 0.3) is 5.56 Å². The van der Waals surface area contributed by atoms with Gasteiger partial charge in [-0.15, -0.1) is 11.3 Å². The molecular formula is C10H9IN2OS. The maximum atomic E-state index is 11.7. The molecule has 0 N–H and O–H groups in total. The van der Waals surface area contributed by atoms with E-state index in [2.05, 4.69) is 23.4 Å². The number of halogens is 1. The molecule has 0 saturated carbocycles. The highest BCUT2D eigenvalue weighted by molar-refractivity contribution is 14.1. The molecular weight excluding hydrogens is 323 g/mol. The molecule has 0 bridgehead atoms. The van der Waals surface area contributed by atoms with E-state index in [4.69, 9.17) is 0 Å². The molecule has 0 radical (unpaired) electrons. The van der Waals surface area contributed by atoms with Gasteiger partial charge in [-0.3, -0.25) is 9.36 Å². The number of thiophene rings is 1. The minimum atomic E-state index is 0.0226. The molecule has 3 nitrogen and oxygen atoms in total. The van der Waals surface area contributed by atoms with Gasteiger partial charge in [0, 0.05) is 11.1 Å². The molecule has 2 aromatic heterocycles. The Morgan fingerprint density at radius 3 is 3.07 bits per heavy atom. The monoisotopic (exact) mass is 332 g/mol. The highest BCUT2D eigenvalue weighted by Crippen LogP contribution is 2.13. The van der Waals surface area contributed by atoms with Crippen LogP contribution in [0.15, 0.2) is 28.8 Å². The molecule has 0 aromatic carbocycles. The van der Waals surface area contributed by atoms with Gasteiger partial charge in [0.05, 0.1) is 16.4 Å². The number of hydrogen-bond donors (Lipinski definition) is 0. The Balaban J connectivity index is 2.32. The zero-order valence-corrected chi connectivity index (χ0v) is 11.1. The summed E-state index contributed by atoms with van der Waals surface area (Å²) in [5.41, 5.74) is 1.18. The van der Waals surface area contributed by atoms with Crippen molar-refractivity contribution < 1.29 is 0 Å². The van der Waals surface area contributed by atoms with Crippen LogP contribution in [0.5, 0.6) is 0 Å². The number of aromatic nitrogens is 2. The molecule has 0 aliphatic rings. The van der Waals surface area contributed by atoms with Crippen molar-refractivity contribution in [3.63, 3.8) is 0 Å². The highest BCUT2D eigenvalue weighted by Gasteiger charge is 2.02. The minimum absolute atomic E-state index is 0.0226. The Morgan fingerprint density at radius 2 is 2.40 bits per heavy atom. The molecule has 0 atom stereocenters. The number of nitrogens with zero attached hydrogens (tertiary/aromatic N) is 2. The number of aryl methyl sites for hydroxylation is 1. The Hall–Kier alpha value is -0.690. The summed E-state index contributed by atoms with van der Waals surface area (Å²) in [4.78, 5) is 17.0. The van der Waals surface area contributed by atoms with Crippen molar-refractivity contribution in [1.29, 1.82) is 0 Å². The lowest BCUT2D eigenvalue weighted by molar-refractivity contribution is 0.732. The third-order valence-electron chi connectivity index (χ3n) is 2.00. The van der Waals surface area contributed by atoms with Gasteiger partial charge in [-0.25, -0.2) is 4.98 Å². The van der Waals surface area contributed by atoms with E-state index < -0.39 is 0 Å². The zero-order valence-electron chi connectivity index (χ0n) is 8.11. The molecule has 0 fully saturated rings. The van der Waals surface area contributed by atoms with Crippen LogP contribution in [0.25, 0.3) is 0 Å². The molecule has 0 aliphatic heterocycles. The molecule has 0 unspecified atom stereocenters. The first-order valence-electron chi connectivity index (χ1n) is 4.41. The van der Waals surface area contributed by atoms with Crippen molar-refractivity contribution in [3.05, 3.63) is 48.3 Å². The van der Waals surface area contributed by atoms with Gasteiger partial charge in [-0.2, -0.15) is 0 Å². The van der Waals surface area contributed by atoms with Gasteiger partial charge in [0.1, 0.15) is 0 Å². The quantitative estimate of drug-likeness (QED) is 0.791. The van der Waals surface area contributed by atoms with E-state index in [1.165, 1.54) is 4.88 Å². The van der Waals surface area contributed by atoms with Gasteiger partial charge < -0.3 is 0 Å². The third kappa shape index (κ3) is 2.46. The Morgan fingerprint density at radius 1 is 1.60 bits per heavy atom. The van der Waals surface area contributed by atoms with Crippen LogP contribution < -0.4 is 5.56 Å². The second-order valence-corrected chi connectivity index (χ2v) is 5.52. The fourth-order valence-electron chi connectivity index (χ4n) is 1.31. The summed E-state index contributed by atoms with van der Waals surface area (Å²) in [6.07, 6.45) is 3.16. The summed E-state index contributed by atoms with van der Waals surface area (Å²) < 4.78 is 2.28. The van der Waals surface area contributed by atoms with Gasteiger partial charge in [-0.05, 0) is 46.5 Å². The summed E-state index contributed by atoms with van der Waals surface area (Å²) in [7, 11) is 0. The van der Waals surface area contributed by atoms with Crippen LogP contribution in [0.3, 0.4) is 0 Å². The molecule has 0 spiro atoms. The third-order valence-corrected chi connectivity index (χ3v) is 3.65. The average Bonchev–Trinajstić information content (AvgIpc) is 2.59. The van der Waals surface area contributed by atoms with Gasteiger partial charge >= 0.3 is 0 Å². The molecule has 5 heteroatoms. The van der Waals surface area contributed by atoms with E-state index in [-0.39, 0.29) is 5.56 Å². The molecule has 78 valence electrons. The first-order valence-corrected chi connectivity index (χ1v) is 6.36. The summed E-state index contributed by atoms with van der Waals surface area (Å²) >= 11 is 3.70. The van der Waals surface area contributed by atoms with Gasteiger partial charge in [0.15, 0.2) is 0 Å². The molecule has 0 amide bonds. The Kier molecular flexibility index (Phi) is 3.20. The molecule has 2 rings (SSSR count). The fraction of sp³-hybridized carbons (Fsp3) is 0.200. The SMILES string of the molecule is Cc1cc(Cn2cncc(I)c2=O)cs1. The van der Waals surface area contributed by atoms with Crippen LogP contribution in [-0.2, 0) is 6.54 Å². The van der Waals surface area contributed by atoms with Crippen molar-refractivity contribution in [1.82, 2.24) is 9.55 Å². The van der Waals surface area contributed by atoms with E-state index in [0.29, 0.717) is 10.1 Å². The highest BCUT2D eigenvalue weighted by atomic mass is 127. The molecule has 0 aliphatic carbocycles. The second kappa shape index (κ2) is 4.44. The first-order chi connectivity index (χ1) is 7.16. The van der Waals surface area contributed by atoms with Crippen molar-refractivity contribution in [2.24, 2.45) is 0 Å². The lowest BCUT2D eigenvalue weighted by Gasteiger charge is -2.02. The van der Waals surface area contributed by atoms with Gasteiger partial charge in [-0.1, -0.05) is 0 Å². The predicted molar refractivity (Wildman–Crippen MR) is 69.4 cm³/mol. The number of hydrogen-bond acceptors (Lipinski definition) is 3. The fourth-order valence-corrected chi connectivity index (χ4v) is 2.48. The first kappa shape index (κ1) is 10.8. The summed E-state index contributed by atoms with van der Waals surface area (Å²) in [5, 5.41) is 2.07. The largest absolute Gasteiger partial charge is 0.294 e. The van der Waals surface area contributed by atoms with Crippen LogP contribution in [0.1, 0.15) is 10.4 Å². The van der Waals surface area contributed by atoms with E-state index in [1.54, 1.807) is 28.4 Å². The Bertz CT molecular complexity index is 532. The lowest BCUT2D eigenvalue weighted by Crippen LogP contribution is -2.22. The van der Waals surface area contributed by atoms with E-state index in [1.807, 2.05) is 22.6 Å². The molecule has 2 heterocycles. The second-order valence-electron chi connectivity index (χ2n) is 3.24. The van der Waals surface area contributed by atoms with E-state index >= 15 is 0 Å². The van der Waals surface area contributed by atoms with Gasteiger partial charge in [0.2, 0.25) is 0 Å². The van der Waals surface area contributed by atoms with E-state index in [9.17, 15) is 4.79 Å². The smallest absolute Gasteiger partial charge is 0.267 e. The maximum Gasteiger partial charge on any atom is 0.267 e. The summed E-state index contributed by atoms with van der Waals surface area (Å²) in [6.45, 7) is 2.66. The molecule has 15 heavy (non-hydrogen) atoms. The van der Waals surface area contributed by atoms with Crippen molar-refractivity contribution in [2.45, 2.75) is 13.5 Å². The topological polar surface area (TPSA) is 34.9 Å². The predicted octanol–water partition coefficient (Wildman–Crippen LogP) is 2.27. The lowest BCUT2D eigenvalue weighted by atomic mass is 10.3.